The highest BCUT2D eigenvalue weighted by Crippen LogP contribution is 2.46. The minimum Gasteiger partial charge on any atom is -0.446 e. The lowest BCUT2D eigenvalue weighted by Crippen LogP contribution is -2.51. The van der Waals surface area contributed by atoms with Crippen molar-refractivity contribution in [2.75, 3.05) is 19.6 Å². The van der Waals surface area contributed by atoms with E-state index in [0.29, 0.717) is 32.4 Å². The molecule has 3 aliphatic heterocycles. The van der Waals surface area contributed by atoms with Gasteiger partial charge in [0.2, 0.25) is 5.89 Å². The van der Waals surface area contributed by atoms with Crippen LogP contribution < -0.4 is 4.72 Å². The molecule has 18 heteroatoms. The first-order valence-corrected chi connectivity index (χ1v) is 16.9. The molecule has 2 atom stereocenters. The van der Waals surface area contributed by atoms with Crippen LogP contribution >= 0.6 is 22.9 Å². The first-order chi connectivity index (χ1) is 22.0. The summed E-state index contributed by atoms with van der Waals surface area (Å²) in [5.41, 5.74) is 0.263. The predicted octanol–water partition coefficient (Wildman–Crippen LogP) is 4.32. The van der Waals surface area contributed by atoms with Gasteiger partial charge in [-0.05, 0) is 31.0 Å². The van der Waals surface area contributed by atoms with Gasteiger partial charge >= 0.3 is 6.55 Å². The Morgan fingerprint density at radius 2 is 1.98 bits per heavy atom. The Balaban J connectivity index is 1.24. The SMILES string of the molecule is O=S(=O)(N[C@H]1CC2=C(c3ccn(C(F)F)n3)[C@H](c3ccc(F)cc3Cl)N=C(c3nccs3)N2C1)N1CCC(O)(c2ncco2)CC1. The fourth-order valence-electron chi connectivity index (χ4n) is 6.08. The number of nitrogens with zero attached hydrogens (tertiary/aromatic N) is 7. The summed E-state index contributed by atoms with van der Waals surface area (Å²) in [5.74, 6) is 0.0188. The molecular weight excluding hydrogens is 669 g/mol. The maximum absolute atomic E-state index is 14.1. The van der Waals surface area contributed by atoms with Crippen molar-refractivity contribution in [3.63, 3.8) is 0 Å². The number of aromatic nitrogens is 4. The van der Waals surface area contributed by atoms with Crippen LogP contribution in [0.2, 0.25) is 5.02 Å². The summed E-state index contributed by atoms with van der Waals surface area (Å²) >= 11 is 7.83. The topological polar surface area (TPSA) is 142 Å². The zero-order chi connectivity index (χ0) is 32.2. The van der Waals surface area contributed by atoms with Gasteiger partial charge in [-0.2, -0.15) is 31.3 Å². The molecule has 0 radical (unpaired) electrons. The van der Waals surface area contributed by atoms with Crippen molar-refractivity contribution in [3.05, 3.63) is 93.2 Å². The van der Waals surface area contributed by atoms with Gasteiger partial charge in [-0.25, -0.2) is 19.0 Å². The molecule has 6 heterocycles. The maximum atomic E-state index is 14.1. The molecule has 0 bridgehead atoms. The third-order valence-electron chi connectivity index (χ3n) is 8.26. The van der Waals surface area contributed by atoms with Gasteiger partial charge in [-0.3, -0.25) is 4.99 Å². The van der Waals surface area contributed by atoms with Crippen LogP contribution in [0.3, 0.4) is 0 Å². The van der Waals surface area contributed by atoms with Crippen LogP contribution in [0.4, 0.5) is 13.2 Å². The smallest absolute Gasteiger partial charge is 0.333 e. The lowest BCUT2D eigenvalue weighted by Gasteiger charge is -2.35. The van der Waals surface area contributed by atoms with Gasteiger partial charge in [-0.1, -0.05) is 17.7 Å². The lowest BCUT2D eigenvalue weighted by molar-refractivity contribution is -0.0324. The molecular formula is C28H26ClF3N8O4S2. The number of alkyl halides is 2. The zero-order valence-electron chi connectivity index (χ0n) is 23.8. The molecule has 2 fully saturated rings. The number of aliphatic hydroxyl groups is 1. The van der Waals surface area contributed by atoms with Gasteiger partial charge < -0.3 is 14.4 Å². The van der Waals surface area contributed by atoms with Crippen molar-refractivity contribution < 1.29 is 31.1 Å². The molecule has 0 unspecified atom stereocenters. The normalized spacial score (nSPS) is 22.0. The molecule has 46 heavy (non-hydrogen) atoms. The average Bonchev–Trinajstić information content (AvgIpc) is 3.84. The number of piperidine rings is 1. The summed E-state index contributed by atoms with van der Waals surface area (Å²) < 4.78 is 78.4. The van der Waals surface area contributed by atoms with Crippen molar-refractivity contribution in [2.45, 2.75) is 43.5 Å². The molecule has 0 saturated carbocycles. The minimum absolute atomic E-state index is 0.0284. The molecule has 3 aromatic heterocycles. The highest BCUT2D eigenvalue weighted by Gasteiger charge is 2.45. The van der Waals surface area contributed by atoms with Crippen molar-refractivity contribution >= 4 is 44.6 Å². The predicted molar refractivity (Wildman–Crippen MR) is 162 cm³/mol. The Morgan fingerprint density at radius 1 is 1.17 bits per heavy atom. The van der Waals surface area contributed by atoms with E-state index in [1.54, 1.807) is 11.6 Å². The van der Waals surface area contributed by atoms with Gasteiger partial charge in [0.05, 0.1) is 11.9 Å². The number of thiazole rings is 1. The second-order valence-electron chi connectivity index (χ2n) is 11.1. The summed E-state index contributed by atoms with van der Waals surface area (Å²) in [6.45, 7) is -2.68. The van der Waals surface area contributed by atoms with Crippen LogP contribution in [0.1, 0.15) is 54.0 Å². The number of halogens is 4. The molecule has 12 nitrogen and oxygen atoms in total. The molecule has 3 aliphatic rings. The number of nitrogens with one attached hydrogen (secondary N) is 1. The molecule has 242 valence electrons. The summed E-state index contributed by atoms with van der Waals surface area (Å²) in [4.78, 5) is 15.2. The number of aliphatic imine (C=N–C) groups is 1. The number of amidine groups is 1. The quantitative estimate of drug-likeness (QED) is 0.278. The summed E-state index contributed by atoms with van der Waals surface area (Å²) in [6.07, 6.45) is 5.87. The third-order valence-corrected chi connectivity index (χ3v) is 11.0. The molecule has 0 aliphatic carbocycles. The highest BCUT2D eigenvalue weighted by molar-refractivity contribution is 7.87. The number of oxazole rings is 1. The van der Waals surface area contributed by atoms with Gasteiger partial charge in [-0.15, -0.1) is 11.3 Å². The van der Waals surface area contributed by atoms with Crippen molar-refractivity contribution in [1.82, 2.24) is 33.7 Å². The van der Waals surface area contributed by atoms with Crippen LogP contribution in [0, 0.1) is 5.82 Å². The largest absolute Gasteiger partial charge is 0.446 e. The van der Waals surface area contributed by atoms with E-state index in [1.807, 2.05) is 4.90 Å². The second-order valence-corrected chi connectivity index (χ2v) is 14.1. The van der Waals surface area contributed by atoms with Crippen molar-refractivity contribution in [1.29, 1.82) is 0 Å². The Hall–Kier alpha value is -3.61. The van der Waals surface area contributed by atoms with E-state index >= 15 is 0 Å². The minimum atomic E-state index is -4.03. The summed E-state index contributed by atoms with van der Waals surface area (Å²) in [7, 11) is -4.03. The van der Waals surface area contributed by atoms with Crippen LogP contribution in [-0.2, 0) is 15.8 Å². The Bertz CT molecular complexity index is 1910. The summed E-state index contributed by atoms with van der Waals surface area (Å²) in [5, 5.41) is 17.5. The van der Waals surface area contributed by atoms with Crippen LogP contribution in [0.15, 0.2) is 69.6 Å². The van der Waals surface area contributed by atoms with E-state index in [2.05, 4.69) is 19.8 Å². The fraction of sp³-hybridized carbons (Fsp3) is 0.357. The zero-order valence-corrected chi connectivity index (χ0v) is 26.2. The Kier molecular flexibility index (Phi) is 8.01. The van der Waals surface area contributed by atoms with Crippen LogP contribution in [0.5, 0.6) is 0 Å². The first-order valence-electron chi connectivity index (χ1n) is 14.2. The van der Waals surface area contributed by atoms with Gasteiger partial charge in [0.25, 0.3) is 10.2 Å². The monoisotopic (exact) mass is 694 g/mol. The average molecular weight is 695 g/mol. The maximum Gasteiger partial charge on any atom is 0.333 e. The number of fused-ring (bicyclic) bond motifs is 1. The Morgan fingerprint density at radius 3 is 2.63 bits per heavy atom. The molecule has 1 aromatic carbocycles. The third kappa shape index (κ3) is 5.64. The number of hydrogen-bond donors (Lipinski definition) is 2. The van der Waals surface area contributed by atoms with Crippen molar-refractivity contribution in [2.24, 2.45) is 4.99 Å². The molecule has 4 aromatic rings. The first kappa shape index (κ1) is 31.0. The summed E-state index contributed by atoms with van der Waals surface area (Å²) in [6, 6.07) is 3.75. The van der Waals surface area contributed by atoms with Crippen molar-refractivity contribution in [3.8, 4) is 0 Å². The molecule has 7 rings (SSSR count). The van der Waals surface area contributed by atoms with Gasteiger partial charge in [0, 0.05) is 71.7 Å². The number of benzene rings is 1. The van der Waals surface area contributed by atoms with E-state index in [1.165, 1.54) is 46.3 Å². The second kappa shape index (κ2) is 11.9. The van der Waals surface area contributed by atoms with E-state index in [-0.39, 0.29) is 55.5 Å². The fourth-order valence-corrected chi connectivity index (χ4v) is 8.38. The highest BCUT2D eigenvalue weighted by atomic mass is 35.5. The molecule has 2 saturated heterocycles. The molecule has 2 N–H and O–H groups in total. The van der Waals surface area contributed by atoms with Gasteiger partial charge in [0.15, 0.2) is 10.8 Å². The van der Waals surface area contributed by atoms with E-state index in [9.17, 15) is 26.7 Å². The molecule has 0 amide bonds. The van der Waals surface area contributed by atoms with E-state index in [4.69, 9.17) is 21.0 Å². The number of rotatable bonds is 8. The standard InChI is InChI=1S/C28H26ClF3N8O4S2/c29-19-13-16(30)1-2-18(19)23-22(20-3-8-40(36-20)27(31)32)21-14-17(15-39(21)24(35-23)25-33-7-12-45-25)37-46(42,43)38-9-4-28(41,5-10-38)26-34-6-11-44-26/h1-3,6-8,11-13,17,23,27,37,41H,4-5,9-10,14-15H2/t17-,23-/m0/s1. The molecule has 0 spiro atoms. The lowest BCUT2D eigenvalue weighted by atomic mass is 9.92. The van der Waals surface area contributed by atoms with E-state index < -0.39 is 40.3 Å². The number of hydrogen-bond acceptors (Lipinski definition) is 10. The van der Waals surface area contributed by atoms with Gasteiger partial charge in [0.1, 0.15) is 23.7 Å². The van der Waals surface area contributed by atoms with Crippen LogP contribution in [0.25, 0.3) is 5.57 Å². The Labute approximate surface area is 270 Å². The van der Waals surface area contributed by atoms with Crippen LogP contribution in [-0.4, -0.2) is 74.0 Å². The van der Waals surface area contributed by atoms with E-state index in [0.717, 1.165) is 12.3 Å².